The van der Waals surface area contributed by atoms with Crippen LogP contribution in [0.15, 0.2) is 59.7 Å². The van der Waals surface area contributed by atoms with Gasteiger partial charge in [-0.05, 0) is 48.7 Å². The summed E-state index contributed by atoms with van der Waals surface area (Å²) in [6.07, 6.45) is 3.52. The second kappa shape index (κ2) is 9.18. The minimum absolute atomic E-state index is 0.296. The van der Waals surface area contributed by atoms with Crippen molar-refractivity contribution >= 4 is 11.6 Å². The van der Waals surface area contributed by atoms with Crippen LogP contribution >= 0.6 is 11.6 Å². The molecule has 6 nitrogen and oxygen atoms in total. The highest BCUT2D eigenvalue weighted by atomic mass is 35.5. The molecule has 0 bridgehead atoms. The summed E-state index contributed by atoms with van der Waals surface area (Å²) in [6, 6.07) is 15.4. The summed E-state index contributed by atoms with van der Waals surface area (Å²) in [6.45, 7) is 4.81. The molecule has 2 aromatic carbocycles. The molecule has 0 unspecified atom stereocenters. The van der Waals surface area contributed by atoms with Crippen LogP contribution < -0.4 is 10.3 Å². The predicted octanol–water partition coefficient (Wildman–Crippen LogP) is 5.63. The molecule has 2 N–H and O–H groups in total. The molecule has 0 amide bonds. The first-order valence-corrected chi connectivity index (χ1v) is 10.6. The molecule has 158 valence electrons. The van der Waals surface area contributed by atoms with Crippen molar-refractivity contribution < 1.29 is 4.74 Å². The summed E-state index contributed by atoms with van der Waals surface area (Å²) in [4.78, 5) is 19.0. The number of aryl methyl sites for hydroxylation is 1. The van der Waals surface area contributed by atoms with Crippen molar-refractivity contribution in [1.29, 1.82) is 0 Å². The van der Waals surface area contributed by atoms with Gasteiger partial charge in [0, 0.05) is 5.56 Å². The molecule has 31 heavy (non-hydrogen) atoms. The van der Waals surface area contributed by atoms with Gasteiger partial charge in [0.25, 0.3) is 5.56 Å². The maximum atomic E-state index is 13.1. The van der Waals surface area contributed by atoms with Crippen LogP contribution in [0.1, 0.15) is 25.3 Å². The summed E-state index contributed by atoms with van der Waals surface area (Å²) in [5.74, 6) is 1.15. The molecule has 4 aromatic rings. The van der Waals surface area contributed by atoms with E-state index in [0.29, 0.717) is 34.3 Å². The lowest BCUT2D eigenvalue weighted by atomic mass is 9.97. The molecule has 0 fully saturated rings. The first-order chi connectivity index (χ1) is 15.1. The van der Waals surface area contributed by atoms with E-state index >= 15 is 0 Å². The number of nitrogens with one attached hydrogen (secondary N) is 2. The third-order valence-corrected chi connectivity index (χ3v) is 5.44. The van der Waals surface area contributed by atoms with E-state index in [1.165, 1.54) is 6.33 Å². The zero-order valence-corrected chi connectivity index (χ0v) is 18.2. The number of nitrogens with zero attached hydrogens (tertiary/aromatic N) is 2. The summed E-state index contributed by atoms with van der Waals surface area (Å²) in [7, 11) is 0. The summed E-state index contributed by atoms with van der Waals surface area (Å²) in [5, 5.41) is 8.30. The molecule has 0 aliphatic rings. The van der Waals surface area contributed by atoms with Crippen LogP contribution in [-0.4, -0.2) is 26.8 Å². The van der Waals surface area contributed by atoms with Crippen LogP contribution in [-0.2, 0) is 0 Å². The number of aromatic amines is 2. The van der Waals surface area contributed by atoms with E-state index in [1.807, 2.05) is 55.5 Å². The summed E-state index contributed by atoms with van der Waals surface area (Å²) < 4.78 is 5.74. The van der Waals surface area contributed by atoms with Crippen molar-refractivity contribution in [3.63, 3.8) is 0 Å². The molecule has 2 aromatic heterocycles. The van der Waals surface area contributed by atoms with Crippen LogP contribution in [0, 0.1) is 6.92 Å². The fourth-order valence-electron chi connectivity index (χ4n) is 3.38. The van der Waals surface area contributed by atoms with E-state index in [4.69, 9.17) is 16.3 Å². The molecule has 0 radical (unpaired) electrons. The van der Waals surface area contributed by atoms with Crippen molar-refractivity contribution in [2.24, 2.45) is 0 Å². The highest BCUT2D eigenvalue weighted by molar-refractivity contribution is 6.36. The Labute approximate surface area is 185 Å². The van der Waals surface area contributed by atoms with Crippen molar-refractivity contribution in [2.45, 2.75) is 26.7 Å². The van der Waals surface area contributed by atoms with Crippen LogP contribution in [0.5, 0.6) is 5.75 Å². The van der Waals surface area contributed by atoms with E-state index in [1.54, 1.807) is 0 Å². The third-order valence-electron chi connectivity index (χ3n) is 5.06. The second-order valence-corrected chi connectivity index (χ2v) is 7.70. The molecule has 0 aliphatic carbocycles. The van der Waals surface area contributed by atoms with Crippen molar-refractivity contribution in [2.75, 3.05) is 6.61 Å². The van der Waals surface area contributed by atoms with Gasteiger partial charge in [-0.1, -0.05) is 54.8 Å². The van der Waals surface area contributed by atoms with Gasteiger partial charge >= 0.3 is 0 Å². The maximum Gasteiger partial charge on any atom is 0.260 e. The molecule has 7 heteroatoms. The van der Waals surface area contributed by atoms with E-state index in [9.17, 15) is 4.79 Å². The highest BCUT2D eigenvalue weighted by Crippen LogP contribution is 2.39. The number of pyridine rings is 1. The van der Waals surface area contributed by atoms with Gasteiger partial charge in [-0.2, -0.15) is 0 Å². The van der Waals surface area contributed by atoms with Gasteiger partial charge in [-0.3, -0.25) is 4.79 Å². The molecular formula is C24H23ClN4O2. The van der Waals surface area contributed by atoms with Crippen molar-refractivity contribution in [3.05, 3.63) is 75.8 Å². The van der Waals surface area contributed by atoms with Gasteiger partial charge in [0.2, 0.25) is 0 Å². The van der Waals surface area contributed by atoms with Gasteiger partial charge in [-0.15, -0.1) is 10.2 Å². The Morgan fingerprint density at radius 3 is 2.35 bits per heavy atom. The van der Waals surface area contributed by atoms with Crippen LogP contribution in [0.25, 0.3) is 33.8 Å². The highest BCUT2D eigenvalue weighted by Gasteiger charge is 2.22. The molecule has 0 atom stereocenters. The Bertz CT molecular complexity index is 1210. The molecule has 0 spiro atoms. The summed E-state index contributed by atoms with van der Waals surface area (Å²) in [5.41, 5.74) is 3.96. The van der Waals surface area contributed by atoms with Crippen molar-refractivity contribution in [1.82, 2.24) is 20.2 Å². The lowest BCUT2D eigenvalue weighted by Gasteiger charge is -2.14. The molecule has 0 saturated heterocycles. The molecule has 0 saturated carbocycles. The van der Waals surface area contributed by atoms with E-state index < -0.39 is 0 Å². The van der Waals surface area contributed by atoms with Crippen molar-refractivity contribution in [3.8, 4) is 39.5 Å². The van der Waals surface area contributed by atoms with E-state index in [2.05, 4.69) is 27.1 Å². The Balaban J connectivity index is 1.84. The number of halogens is 1. The average molecular weight is 435 g/mol. The Kier molecular flexibility index (Phi) is 6.18. The van der Waals surface area contributed by atoms with E-state index in [-0.39, 0.29) is 5.56 Å². The topological polar surface area (TPSA) is 83.7 Å². The smallest absolute Gasteiger partial charge is 0.260 e. The second-order valence-electron chi connectivity index (χ2n) is 7.32. The Morgan fingerprint density at radius 2 is 1.71 bits per heavy atom. The SMILES string of the molecule is CCCCOc1ccc(-c2[nH]c(=O)c(-c3nnc[nH]3)c(-c3ccc(C)cc3)c2Cl)cc1. The van der Waals surface area contributed by atoms with Gasteiger partial charge in [0.15, 0.2) is 5.82 Å². The number of ether oxygens (including phenoxy) is 1. The number of benzene rings is 2. The van der Waals surface area contributed by atoms with Gasteiger partial charge in [0.1, 0.15) is 12.1 Å². The number of hydrogen-bond acceptors (Lipinski definition) is 4. The van der Waals surface area contributed by atoms with Crippen LogP contribution in [0.3, 0.4) is 0 Å². The Morgan fingerprint density at radius 1 is 1.00 bits per heavy atom. The molecule has 0 aliphatic heterocycles. The first-order valence-electron chi connectivity index (χ1n) is 10.2. The fourth-order valence-corrected chi connectivity index (χ4v) is 3.74. The normalized spacial score (nSPS) is 10.9. The number of H-pyrrole nitrogens is 2. The number of aromatic nitrogens is 4. The van der Waals surface area contributed by atoms with Gasteiger partial charge in [-0.25, -0.2) is 0 Å². The van der Waals surface area contributed by atoms with Gasteiger partial charge < -0.3 is 14.7 Å². The predicted molar refractivity (Wildman–Crippen MR) is 123 cm³/mol. The third kappa shape index (κ3) is 4.39. The van der Waals surface area contributed by atoms with Crippen LogP contribution in [0.4, 0.5) is 0 Å². The number of hydrogen-bond donors (Lipinski definition) is 2. The monoisotopic (exact) mass is 434 g/mol. The van der Waals surface area contributed by atoms with E-state index in [0.717, 1.165) is 35.3 Å². The number of rotatable bonds is 7. The average Bonchev–Trinajstić information content (AvgIpc) is 3.31. The summed E-state index contributed by atoms with van der Waals surface area (Å²) >= 11 is 6.89. The maximum absolute atomic E-state index is 13.1. The minimum Gasteiger partial charge on any atom is -0.494 e. The standard InChI is InChI=1S/C24H23ClN4O2/c1-3-4-13-31-18-11-9-17(10-12-18)22-21(25)19(16-7-5-15(2)6-8-16)20(24(30)28-22)23-26-14-27-29-23/h5-12,14H,3-4,13H2,1-2H3,(H,28,30)(H,26,27,29). The lowest BCUT2D eigenvalue weighted by Crippen LogP contribution is -2.13. The lowest BCUT2D eigenvalue weighted by molar-refractivity contribution is 0.309. The zero-order chi connectivity index (χ0) is 21.8. The van der Waals surface area contributed by atoms with Gasteiger partial charge in [0.05, 0.1) is 22.9 Å². The minimum atomic E-state index is -0.296. The quantitative estimate of drug-likeness (QED) is 0.369. The molecular weight excluding hydrogens is 412 g/mol. The fraction of sp³-hybridized carbons (Fsp3) is 0.208. The molecule has 2 heterocycles. The zero-order valence-electron chi connectivity index (χ0n) is 17.4. The largest absolute Gasteiger partial charge is 0.494 e. The van der Waals surface area contributed by atoms with Crippen LogP contribution in [0.2, 0.25) is 5.02 Å². The Hall–Kier alpha value is -3.38. The first kappa shape index (κ1) is 20.9. The number of unbranched alkanes of at least 4 members (excludes halogenated alkanes) is 1. The molecule has 4 rings (SSSR count).